The molecular formula is C19H31N5O. The first-order chi connectivity index (χ1) is 12.3. The Morgan fingerprint density at radius 2 is 1.68 bits per heavy atom. The Kier molecular flexibility index (Phi) is 5.22. The number of aromatic nitrogens is 3. The Morgan fingerprint density at radius 3 is 2.52 bits per heavy atom. The van der Waals surface area contributed by atoms with Crippen LogP contribution in [0.25, 0.3) is 0 Å². The van der Waals surface area contributed by atoms with Gasteiger partial charge in [0.1, 0.15) is 5.82 Å². The van der Waals surface area contributed by atoms with Gasteiger partial charge >= 0.3 is 6.03 Å². The van der Waals surface area contributed by atoms with E-state index in [0.29, 0.717) is 6.04 Å². The van der Waals surface area contributed by atoms with Crippen molar-refractivity contribution in [3.05, 3.63) is 11.6 Å². The quantitative estimate of drug-likeness (QED) is 0.834. The zero-order chi connectivity index (χ0) is 17.1. The van der Waals surface area contributed by atoms with Gasteiger partial charge in [-0.1, -0.05) is 32.1 Å². The van der Waals surface area contributed by atoms with Gasteiger partial charge in [0.15, 0.2) is 5.82 Å². The number of nitrogens with zero attached hydrogens (tertiary/aromatic N) is 4. The van der Waals surface area contributed by atoms with Gasteiger partial charge in [-0.05, 0) is 38.5 Å². The lowest BCUT2D eigenvalue weighted by molar-refractivity contribution is 0.184. The number of hydrogen-bond donors (Lipinski definition) is 1. The standard InChI is InChI=1S/C19H31N5O/c25-19(20-15-9-4-1-2-5-10-15)23-14-8-11-16(23)18-22-21-17-12-6-3-7-13-24(17)18/h15-16H,1-14H2,(H,20,25). The van der Waals surface area contributed by atoms with Crippen molar-refractivity contribution in [2.24, 2.45) is 0 Å². The van der Waals surface area contributed by atoms with Gasteiger partial charge in [-0.3, -0.25) is 0 Å². The van der Waals surface area contributed by atoms with Crippen LogP contribution in [0.5, 0.6) is 0 Å². The molecule has 2 aliphatic heterocycles. The second-order valence-corrected chi connectivity index (χ2v) is 7.93. The molecule has 4 rings (SSSR count). The fourth-order valence-electron chi connectivity index (χ4n) is 4.71. The van der Waals surface area contributed by atoms with Crippen molar-refractivity contribution in [1.29, 1.82) is 0 Å². The summed E-state index contributed by atoms with van der Waals surface area (Å²) < 4.78 is 2.30. The van der Waals surface area contributed by atoms with E-state index in [-0.39, 0.29) is 12.1 Å². The number of fused-ring (bicyclic) bond motifs is 1. The first-order valence-electron chi connectivity index (χ1n) is 10.3. The molecule has 3 heterocycles. The second kappa shape index (κ2) is 7.75. The van der Waals surface area contributed by atoms with E-state index in [9.17, 15) is 4.79 Å². The molecule has 0 spiro atoms. The number of urea groups is 1. The Morgan fingerprint density at radius 1 is 0.880 bits per heavy atom. The highest BCUT2D eigenvalue weighted by atomic mass is 16.2. The van der Waals surface area contributed by atoms with Crippen molar-refractivity contribution >= 4 is 6.03 Å². The van der Waals surface area contributed by atoms with Crippen molar-refractivity contribution in [2.75, 3.05) is 6.54 Å². The molecular weight excluding hydrogens is 314 g/mol. The number of hydrogen-bond acceptors (Lipinski definition) is 3. The lowest BCUT2D eigenvalue weighted by atomic mass is 10.1. The summed E-state index contributed by atoms with van der Waals surface area (Å²) in [5, 5.41) is 12.3. The molecule has 2 amide bonds. The molecule has 138 valence electrons. The number of aryl methyl sites for hydroxylation is 1. The summed E-state index contributed by atoms with van der Waals surface area (Å²) in [6.07, 6.45) is 14.1. The number of carbonyl (C=O) groups is 1. The maximum Gasteiger partial charge on any atom is 0.318 e. The van der Waals surface area contributed by atoms with E-state index < -0.39 is 0 Å². The van der Waals surface area contributed by atoms with Crippen LogP contribution >= 0.6 is 0 Å². The average Bonchev–Trinajstić information content (AvgIpc) is 3.07. The van der Waals surface area contributed by atoms with Crippen LogP contribution in [0, 0.1) is 0 Å². The summed E-state index contributed by atoms with van der Waals surface area (Å²) in [5.74, 6) is 2.13. The number of rotatable bonds is 2. The normalized spacial score (nSPS) is 25.3. The highest BCUT2D eigenvalue weighted by Gasteiger charge is 2.35. The van der Waals surface area contributed by atoms with Gasteiger partial charge in [0.2, 0.25) is 0 Å². The monoisotopic (exact) mass is 345 g/mol. The molecule has 3 aliphatic rings. The van der Waals surface area contributed by atoms with Gasteiger partial charge in [-0.2, -0.15) is 0 Å². The van der Waals surface area contributed by atoms with Gasteiger partial charge in [-0.15, -0.1) is 10.2 Å². The summed E-state index contributed by atoms with van der Waals surface area (Å²) in [7, 11) is 0. The van der Waals surface area contributed by atoms with Crippen LogP contribution in [-0.2, 0) is 13.0 Å². The van der Waals surface area contributed by atoms with E-state index in [1.165, 1.54) is 44.9 Å². The molecule has 1 unspecified atom stereocenters. The van der Waals surface area contributed by atoms with E-state index in [1.54, 1.807) is 0 Å². The third-order valence-corrected chi connectivity index (χ3v) is 6.13. The van der Waals surface area contributed by atoms with Crippen LogP contribution in [0.15, 0.2) is 0 Å². The Labute approximate surface area is 150 Å². The predicted molar refractivity (Wildman–Crippen MR) is 96.3 cm³/mol. The van der Waals surface area contributed by atoms with E-state index >= 15 is 0 Å². The van der Waals surface area contributed by atoms with E-state index in [2.05, 4.69) is 20.1 Å². The van der Waals surface area contributed by atoms with Crippen molar-refractivity contribution in [2.45, 2.75) is 95.7 Å². The summed E-state index contributed by atoms with van der Waals surface area (Å²) in [6.45, 7) is 1.84. The number of nitrogens with one attached hydrogen (secondary N) is 1. The molecule has 1 aromatic heterocycles. The largest absolute Gasteiger partial charge is 0.335 e. The van der Waals surface area contributed by atoms with Crippen molar-refractivity contribution in [3.63, 3.8) is 0 Å². The Hall–Kier alpha value is -1.59. The van der Waals surface area contributed by atoms with E-state index in [1.807, 2.05) is 4.90 Å². The van der Waals surface area contributed by atoms with Gasteiger partial charge in [-0.25, -0.2) is 4.79 Å². The summed E-state index contributed by atoms with van der Waals surface area (Å²) in [5.41, 5.74) is 0. The molecule has 1 aliphatic carbocycles. The lowest BCUT2D eigenvalue weighted by Gasteiger charge is -2.27. The zero-order valence-electron chi connectivity index (χ0n) is 15.3. The first kappa shape index (κ1) is 16.9. The molecule has 0 aromatic carbocycles. The highest BCUT2D eigenvalue weighted by molar-refractivity contribution is 5.75. The zero-order valence-corrected chi connectivity index (χ0v) is 15.3. The molecule has 1 saturated heterocycles. The SMILES string of the molecule is O=C(NC1CCCCCC1)N1CCCC1c1nnc2n1CCCCC2. The molecule has 6 nitrogen and oxygen atoms in total. The molecule has 6 heteroatoms. The highest BCUT2D eigenvalue weighted by Crippen LogP contribution is 2.32. The Bertz CT molecular complexity index is 591. The minimum absolute atomic E-state index is 0.102. The van der Waals surface area contributed by atoms with Crippen LogP contribution in [-0.4, -0.2) is 38.3 Å². The summed E-state index contributed by atoms with van der Waals surface area (Å²) in [4.78, 5) is 14.9. The van der Waals surface area contributed by atoms with Gasteiger partial charge in [0, 0.05) is 25.6 Å². The van der Waals surface area contributed by atoms with Crippen LogP contribution in [0.3, 0.4) is 0 Å². The summed E-state index contributed by atoms with van der Waals surface area (Å²) in [6, 6.07) is 0.567. The molecule has 1 aromatic rings. The van der Waals surface area contributed by atoms with Crippen molar-refractivity contribution in [3.8, 4) is 0 Å². The average molecular weight is 345 g/mol. The van der Waals surface area contributed by atoms with Gasteiger partial charge in [0.05, 0.1) is 6.04 Å². The minimum Gasteiger partial charge on any atom is -0.335 e. The van der Waals surface area contributed by atoms with Crippen molar-refractivity contribution < 1.29 is 4.79 Å². The van der Waals surface area contributed by atoms with Crippen LogP contribution in [0.2, 0.25) is 0 Å². The fraction of sp³-hybridized carbons (Fsp3) is 0.842. The molecule has 0 radical (unpaired) electrons. The molecule has 25 heavy (non-hydrogen) atoms. The molecule has 2 fully saturated rings. The van der Waals surface area contributed by atoms with Crippen molar-refractivity contribution in [1.82, 2.24) is 25.0 Å². The van der Waals surface area contributed by atoms with Crippen LogP contribution in [0.1, 0.15) is 88.3 Å². The second-order valence-electron chi connectivity index (χ2n) is 7.93. The minimum atomic E-state index is 0.102. The Balaban J connectivity index is 1.47. The third-order valence-electron chi connectivity index (χ3n) is 6.13. The molecule has 1 atom stereocenters. The van der Waals surface area contributed by atoms with E-state index in [4.69, 9.17) is 0 Å². The number of amides is 2. The maximum atomic E-state index is 12.9. The van der Waals surface area contributed by atoms with Gasteiger partial charge < -0.3 is 14.8 Å². The smallest absolute Gasteiger partial charge is 0.318 e. The van der Waals surface area contributed by atoms with Crippen LogP contribution < -0.4 is 5.32 Å². The first-order valence-corrected chi connectivity index (χ1v) is 10.3. The van der Waals surface area contributed by atoms with Crippen LogP contribution in [0.4, 0.5) is 4.79 Å². The molecule has 1 saturated carbocycles. The summed E-state index contributed by atoms with van der Waals surface area (Å²) >= 11 is 0. The topological polar surface area (TPSA) is 63.1 Å². The van der Waals surface area contributed by atoms with E-state index in [0.717, 1.165) is 56.8 Å². The predicted octanol–water partition coefficient (Wildman–Crippen LogP) is 3.57. The third kappa shape index (κ3) is 3.67. The lowest BCUT2D eigenvalue weighted by Crippen LogP contribution is -2.44. The number of carbonyl (C=O) groups excluding carboxylic acids is 1. The fourth-order valence-corrected chi connectivity index (χ4v) is 4.71. The molecule has 0 bridgehead atoms. The maximum absolute atomic E-state index is 12.9. The number of likely N-dealkylation sites (tertiary alicyclic amines) is 1. The van der Waals surface area contributed by atoms with Gasteiger partial charge in [0.25, 0.3) is 0 Å². The molecule has 1 N–H and O–H groups in total.